The summed E-state index contributed by atoms with van der Waals surface area (Å²) in [7, 11) is 3.96. The van der Waals surface area contributed by atoms with Crippen molar-refractivity contribution in [2.24, 2.45) is 14.1 Å². The van der Waals surface area contributed by atoms with Crippen molar-refractivity contribution in [2.75, 3.05) is 5.75 Å². The Kier molecular flexibility index (Phi) is 4.12. The van der Waals surface area contributed by atoms with Crippen LogP contribution in [0.25, 0.3) is 0 Å². The lowest BCUT2D eigenvalue weighted by Gasteiger charge is -2.04. The number of nitrogens with zero attached hydrogens (tertiary/aromatic N) is 4. The van der Waals surface area contributed by atoms with Gasteiger partial charge in [-0.25, -0.2) is 4.98 Å². The van der Waals surface area contributed by atoms with Crippen molar-refractivity contribution in [3.8, 4) is 0 Å². The van der Waals surface area contributed by atoms with E-state index in [0.717, 1.165) is 23.0 Å². The molecule has 0 atom stereocenters. The summed E-state index contributed by atoms with van der Waals surface area (Å²) in [5.74, 6) is 1.50. The average Bonchev–Trinajstić information content (AvgIpc) is 2.87. The Bertz CT molecular complexity index is 491. The molecule has 2 aromatic heterocycles. The Morgan fingerprint density at radius 3 is 2.76 bits per heavy atom. The highest BCUT2D eigenvalue weighted by molar-refractivity contribution is 7.99. The molecule has 0 aliphatic rings. The molecule has 0 saturated heterocycles. The first-order chi connectivity index (χ1) is 8.22. The van der Waals surface area contributed by atoms with E-state index >= 15 is 0 Å². The van der Waals surface area contributed by atoms with Gasteiger partial charge in [0.2, 0.25) is 0 Å². The lowest BCUT2D eigenvalue weighted by atomic mass is 10.3. The van der Waals surface area contributed by atoms with Crippen LogP contribution in [0.4, 0.5) is 0 Å². The summed E-state index contributed by atoms with van der Waals surface area (Å²) in [6, 6.07) is 2.04. The minimum Gasteiger partial charge on any atom is -0.325 e. The lowest BCUT2D eigenvalue weighted by molar-refractivity contribution is 0.718. The molecule has 0 unspecified atom stereocenters. The van der Waals surface area contributed by atoms with Crippen LogP contribution in [0.2, 0.25) is 0 Å². The van der Waals surface area contributed by atoms with Crippen LogP contribution in [-0.4, -0.2) is 25.1 Å². The van der Waals surface area contributed by atoms with E-state index in [1.54, 1.807) is 11.8 Å². The summed E-state index contributed by atoms with van der Waals surface area (Å²) in [6.45, 7) is 0. The molecule has 0 saturated carbocycles. The van der Waals surface area contributed by atoms with Gasteiger partial charge in [-0.05, 0) is 12.5 Å². The molecule has 0 radical (unpaired) electrons. The Labute approximate surface area is 110 Å². The van der Waals surface area contributed by atoms with E-state index in [4.69, 9.17) is 11.6 Å². The van der Waals surface area contributed by atoms with Crippen molar-refractivity contribution >= 4 is 23.4 Å². The van der Waals surface area contributed by atoms with Crippen LogP contribution < -0.4 is 0 Å². The van der Waals surface area contributed by atoms with Crippen LogP contribution in [0.15, 0.2) is 23.6 Å². The number of aryl methyl sites for hydroxylation is 2. The fourth-order valence-electron chi connectivity index (χ4n) is 1.58. The van der Waals surface area contributed by atoms with Crippen molar-refractivity contribution < 1.29 is 0 Å². The zero-order chi connectivity index (χ0) is 12.3. The number of rotatable bonds is 5. The third-order valence-corrected chi connectivity index (χ3v) is 4.01. The molecule has 2 aromatic rings. The predicted molar refractivity (Wildman–Crippen MR) is 70.4 cm³/mol. The lowest BCUT2D eigenvalue weighted by Crippen LogP contribution is -2.01. The summed E-state index contributed by atoms with van der Waals surface area (Å²) < 4.78 is 3.95. The zero-order valence-corrected chi connectivity index (χ0v) is 11.5. The Hall–Kier alpha value is -0.940. The number of hydrogen-bond acceptors (Lipinski definition) is 3. The van der Waals surface area contributed by atoms with Crippen LogP contribution in [0.5, 0.6) is 0 Å². The fraction of sp³-hybridized carbons (Fsp3) is 0.455. The van der Waals surface area contributed by atoms with Gasteiger partial charge >= 0.3 is 0 Å². The van der Waals surface area contributed by atoms with E-state index in [2.05, 4.69) is 10.1 Å². The second kappa shape index (κ2) is 5.60. The molecule has 0 bridgehead atoms. The highest BCUT2D eigenvalue weighted by atomic mass is 35.5. The Morgan fingerprint density at radius 2 is 2.18 bits per heavy atom. The fourth-order valence-corrected chi connectivity index (χ4v) is 2.76. The van der Waals surface area contributed by atoms with Gasteiger partial charge in [0.1, 0.15) is 0 Å². The third-order valence-electron chi connectivity index (χ3n) is 2.69. The summed E-state index contributed by atoms with van der Waals surface area (Å²) in [6.07, 6.45) is 4.65. The van der Waals surface area contributed by atoms with Gasteiger partial charge in [0.05, 0.1) is 17.8 Å². The summed E-state index contributed by atoms with van der Waals surface area (Å²) >= 11 is 7.54. The number of alkyl halides is 1. The molecular formula is C11H15ClN4S. The van der Waals surface area contributed by atoms with E-state index in [0.29, 0.717) is 5.88 Å². The first-order valence-corrected chi connectivity index (χ1v) is 6.90. The van der Waals surface area contributed by atoms with E-state index in [1.165, 1.54) is 5.69 Å². The monoisotopic (exact) mass is 270 g/mol. The number of halogens is 1. The minimum absolute atomic E-state index is 0.506. The second-order valence-electron chi connectivity index (χ2n) is 3.77. The van der Waals surface area contributed by atoms with Gasteiger partial charge in [0.25, 0.3) is 0 Å². The third kappa shape index (κ3) is 2.84. The highest BCUT2D eigenvalue weighted by Crippen LogP contribution is 2.19. The molecule has 2 heterocycles. The Balaban J connectivity index is 1.90. The van der Waals surface area contributed by atoms with Gasteiger partial charge in [0, 0.05) is 31.7 Å². The van der Waals surface area contributed by atoms with E-state index in [-0.39, 0.29) is 0 Å². The van der Waals surface area contributed by atoms with Crippen molar-refractivity contribution in [3.63, 3.8) is 0 Å². The topological polar surface area (TPSA) is 35.6 Å². The Morgan fingerprint density at radius 1 is 1.35 bits per heavy atom. The van der Waals surface area contributed by atoms with Gasteiger partial charge in [-0.3, -0.25) is 4.68 Å². The van der Waals surface area contributed by atoms with Crippen molar-refractivity contribution in [3.05, 3.63) is 29.8 Å². The van der Waals surface area contributed by atoms with Crippen molar-refractivity contribution in [2.45, 2.75) is 17.5 Å². The summed E-state index contributed by atoms with van der Waals surface area (Å²) in [4.78, 5) is 4.35. The molecule has 17 heavy (non-hydrogen) atoms. The standard InChI is InChI=1S/C11H15ClN4S/c1-15-10(7-12)8-13-11(15)17-6-4-9-3-5-14-16(9)2/h3,5,8H,4,6-7H2,1-2H3. The molecule has 0 spiro atoms. The molecule has 92 valence electrons. The largest absolute Gasteiger partial charge is 0.325 e. The normalized spacial score (nSPS) is 11.0. The molecule has 0 fully saturated rings. The van der Waals surface area contributed by atoms with Crippen molar-refractivity contribution in [1.82, 2.24) is 19.3 Å². The highest BCUT2D eigenvalue weighted by Gasteiger charge is 2.06. The minimum atomic E-state index is 0.506. The number of hydrogen-bond donors (Lipinski definition) is 0. The molecule has 0 aromatic carbocycles. The van der Waals surface area contributed by atoms with Gasteiger partial charge < -0.3 is 4.57 Å². The maximum atomic E-state index is 5.80. The van der Waals surface area contributed by atoms with Crippen LogP contribution in [0.3, 0.4) is 0 Å². The second-order valence-corrected chi connectivity index (χ2v) is 5.10. The molecule has 0 aliphatic carbocycles. The summed E-state index contributed by atoms with van der Waals surface area (Å²) in [5, 5.41) is 5.16. The number of thioether (sulfide) groups is 1. The van der Waals surface area contributed by atoms with Crippen LogP contribution in [0.1, 0.15) is 11.4 Å². The van der Waals surface area contributed by atoms with Crippen LogP contribution >= 0.6 is 23.4 Å². The molecule has 6 heteroatoms. The predicted octanol–water partition coefficient (Wildman–Crippen LogP) is 2.23. The van der Waals surface area contributed by atoms with Crippen LogP contribution in [0, 0.1) is 0 Å². The maximum Gasteiger partial charge on any atom is 0.167 e. The SMILES string of the molecule is Cn1nccc1CCSc1ncc(CCl)n1C. The molecule has 0 N–H and O–H groups in total. The van der Waals surface area contributed by atoms with Gasteiger partial charge in [-0.1, -0.05) is 11.8 Å². The maximum absolute atomic E-state index is 5.80. The zero-order valence-electron chi connectivity index (χ0n) is 9.93. The quantitative estimate of drug-likeness (QED) is 0.617. The average molecular weight is 271 g/mol. The molecule has 0 amide bonds. The van der Waals surface area contributed by atoms with Crippen molar-refractivity contribution in [1.29, 1.82) is 0 Å². The number of aromatic nitrogens is 4. The first-order valence-electron chi connectivity index (χ1n) is 5.38. The first kappa shape index (κ1) is 12.5. The molecule has 0 aliphatic heterocycles. The molecule has 4 nitrogen and oxygen atoms in total. The van der Waals surface area contributed by atoms with Gasteiger partial charge in [0.15, 0.2) is 5.16 Å². The number of imidazole rings is 1. The molecule has 2 rings (SSSR count). The van der Waals surface area contributed by atoms with E-state index in [9.17, 15) is 0 Å². The summed E-state index contributed by atoms with van der Waals surface area (Å²) in [5.41, 5.74) is 2.29. The molecular weight excluding hydrogens is 256 g/mol. The smallest absolute Gasteiger partial charge is 0.167 e. The van der Waals surface area contributed by atoms with Gasteiger partial charge in [-0.15, -0.1) is 11.6 Å². The van der Waals surface area contributed by atoms with E-state index < -0.39 is 0 Å². The van der Waals surface area contributed by atoms with E-state index in [1.807, 2.05) is 41.8 Å². The van der Waals surface area contributed by atoms with Crippen LogP contribution in [-0.2, 0) is 26.4 Å². The van der Waals surface area contributed by atoms with Gasteiger partial charge in [-0.2, -0.15) is 5.10 Å².